The lowest BCUT2D eigenvalue weighted by molar-refractivity contribution is -0.142. The third kappa shape index (κ3) is 3.46. The highest BCUT2D eigenvalue weighted by atomic mass is 79.9. The van der Waals surface area contributed by atoms with Gasteiger partial charge in [0.05, 0.1) is 13.0 Å². The first-order valence-electron chi connectivity index (χ1n) is 4.76. The van der Waals surface area contributed by atoms with Crippen LogP contribution in [-0.2, 0) is 21.3 Å². The van der Waals surface area contributed by atoms with E-state index in [-0.39, 0.29) is 18.6 Å². The molecule has 0 aliphatic heterocycles. The van der Waals surface area contributed by atoms with Crippen molar-refractivity contribution >= 4 is 33.5 Å². The molecule has 1 aromatic carbocycles. The van der Waals surface area contributed by atoms with Crippen molar-refractivity contribution in [3.63, 3.8) is 0 Å². The predicted octanol–water partition coefficient (Wildman–Crippen LogP) is 3.48. The molecular weight excluding hydrogens is 298 g/mol. The van der Waals surface area contributed by atoms with Gasteiger partial charge in [0.25, 0.3) is 0 Å². The first kappa shape index (κ1) is 13.5. The average Bonchev–Trinajstić information content (AvgIpc) is 2.23. The maximum Gasteiger partial charge on any atom is 0.310 e. The molecule has 0 radical (unpaired) electrons. The molecule has 0 aliphatic rings. The molecule has 1 aromatic rings. The van der Waals surface area contributed by atoms with Crippen molar-refractivity contribution in [2.75, 3.05) is 6.61 Å². The van der Waals surface area contributed by atoms with Crippen LogP contribution in [0.25, 0.3) is 0 Å². The van der Waals surface area contributed by atoms with Crippen molar-refractivity contribution in [2.45, 2.75) is 18.7 Å². The van der Waals surface area contributed by atoms with Gasteiger partial charge in [-0.25, -0.2) is 4.39 Å². The second kappa shape index (κ2) is 6.21. The van der Waals surface area contributed by atoms with Crippen LogP contribution >= 0.6 is 27.5 Å². The highest BCUT2D eigenvalue weighted by Crippen LogP contribution is 2.23. The molecule has 0 aromatic heterocycles. The highest BCUT2D eigenvalue weighted by Gasteiger charge is 2.12. The lowest BCUT2D eigenvalue weighted by atomic mass is 10.1. The van der Waals surface area contributed by atoms with Crippen molar-refractivity contribution in [1.82, 2.24) is 0 Å². The fraction of sp³-hybridized carbons (Fsp3) is 0.364. The maximum atomic E-state index is 13.5. The standard InChI is InChI=1S/C11H11BrClFO2/c1-2-16-11(15)5-7-3-9(13)8(6-12)4-10(7)14/h3-4H,2,5-6H2,1H3. The van der Waals surface area contributed by atoms with Gasteiger partial charge in [0.1, 0.15) is 5.82 Å². The van der Waals surface area contributed by atoms with Gasteiger partial charge in [-0.15, -0.1) is 0 Å². The van der Waals surface area contributed by atoms with Gasteiger partial charge in [0.15, 0.2) is 0 Å². The van der Waals surface area contributed by atoms with Crippen molar-refractivity contribution in [1.29, 1.82) is 0 Å². The van der Waals surface area contributed by atoms with Gasteiger partial charge in [-0.1, -0.05) is 27.5 Å². The lowest BCUT2D eigenvalue weighted by Gasteiger charge is -2.06. The summed E-state index contributed by atoms with van der Waals surface area (Å²) in [5, 5.41) is 0.917. The summed E-state index contributed by atoms with van der Waals surface area (Å²) in [4.78, 5) is 11.2. The third-order valence-corrected chi connectivity index (χ3v) is 2.96. The number of hydrogen-bond acceptors (Lipinski definition) is 2. The minimum atomic E-state index is -0.455. The van der Waals surface area contributed by atoms with E-state index in [1.807, 2.05) is 0 Å². The van der Waals surface area contributed by atoms with Crippen LogP contribution in [0.15, 0.2) is 12.1 Å². The van der Waals surface area contributed by atoms with E-state index in [2.05, 4.69) is 15.9 Å². The first-order chi connectivity index (χ1) is 7.58. The summed E-state index contributed by atoms with van der Waals surface area (Å²) in [6.07, 6.45) is -0.0953. The van der Waals surface area contributed by atoms with Crippen LogP contribution in [0.1, 0.15) is 18.1 Å². The molecule has 0 aliphatic carbocycles. The zero-order chi connectivity index (χ0) is 12.1. The molecule has 2 nitrogen and oxygen atoms in total. The number of halogens is 3. The summed E-state index contributed by atoms with van der Waals surface area (Å²) in [5.41, 5.74) is 0.917. The molecule has 0 atom stereocenters. The Balaban J connectivity index is 2.89. The third-order valence-electron chi connectivity index (χ3n) is 2.00. The number of ether oxygens (including phenoxy) is 1. The van der Waals surface area contributed by atoms with E-state index in [9.17, 15) is 9.18 Å². The number of carbonyl (C=O) groups excluding carboxylic acids is 1. The number of alkyl halides is 1. The van der Waals surface area contributed by atoms with Crippen LogP contribution in [0, 0.1) is 5.82 Å². The molecule has 0 amide bonds. The van der Waals surface area contributed by atoms with Crippen molar-refractivity contribution < 1.29 is 13.9 Å². The smallest absolute Gasteiger partial charge is 0.310 e. The molecule has 88 valence electrons. The van der Waals surface area contributed by atoms with Gasteiger partial charge in [-0.2, -0.15) is 0 Å². The van der Waals surface area contributed by atoms with Crippen LogP contribution in [0.3, 0.4) is 0 Å². The predicted molar refractivity (Wildman–Crippen MR) is 64.4 cm³/mol. The monoisotopic (exact) mass is 308 g/mol. The van der Waals surface area contributed by atoms with E-state index in [1.54, 1.807) is 6.92 Å². The Labute approximate surface area is 107 Å². The highest BCUT2D eigenvalue weighted by molar-refractivity contribution is 9.08. The number of benzene rings is 1. The van der Waals surface area contributed by atoms with Crippen LogP contribution in [-0.4, -0.2) is 12.6 Å². The van der Waals surface area contributed by atoms with E-state index in [0.29, 0.717) is 15.9 Å². The van der Waals surface area contributed by atoms with E-state index in [1.165, 1.54) is 12.1 Å². The SMILES string of the molecule is CCOC(=O)Cc1cc(Cl)c(CBr)cc1F. The summed E-state index contributed by atoms with van der Waals surface area (Å²) in [7, 11) is 0. The number of rotatable bonds is 4. The van der Waals surface area contributed by atoms with Crippen LogP contribution in [0.2, 0.25) is 5.02 Å². The van der Waals surface area contributed by atoms with E-state index >= 15 is 0 Å². The fourth-order valence-corrected chi connectivity index (χ4v) is 2.11. The zero-order valence-corrected chi connectivity index (χ0v) is 11.1. The Kier molecular flexibility index (Phi) is 5.22. The zero-order valence-electron chi connectivity index (χ0n) is 8.73. The van der Waals surface area contributed by atoms with Crippen molar-refractivity contribution in [3.05, 3.63) is 34.1 Å². The topological polar surface area (TPSA) is 26.3 Å². The number of esters is 1. The molecule has 0 saturated carbocycles. The molecule has 1 rings (SSSR count). The quantitative estimate of drug-likeness (QED) is 0.629. The second-order valence-electron chi connectivity index (χ2n) is 3.15. The van der Waals surface area contributed by atoms with E-state index < -0.39 is 11.8 Å². The molecular formula is C11H11BrClFO2. The minimum Gasteiger partial charge on any atom is -0.466 e. The molecule has 0 fully saturated rings. The maximum absolute atomic E-state index is 13.5. The summed E-state index contributed by atoms with van der Waals surface area (Å²) in [6, 6.07) is 2.79. The van der Waals surface area contributed by atoms with Gasteiger partial charge < -0.3 is 4.74 Å². The Morgan fingerprint density at radius 3 is 2.75 bits per heavy atom. The summed E-state index contributed by atoms with van der Waals surface area (Å²) >= 11 is 9.11. The number of hydrogen-bond donors (Lipinski definition) is 0. The van der Waals surface area contributed by atoms with Gasteiger partial charge in [0.2, 0.25) is 0 Å². The molecule has 0 heterocycles. The lowest BCUT2D eigenvalue weighted by Crippen LogP contribution is -2.09. The number of carbonyl (C=O) groups is 1. The largest absolute Gasteiger partial charge is 0.466 e. The van der Waals surface area contributed by atoms with Gasteiger partial charge in [-0.05, 0) is 24.6 Å². The molecule has 0 unspecified atom stereocenters. The Bertz CT molecular complexity index is 396. The second-order valence-corrected chi connectivity index (χ2v) is 4.12. The van der Waals surface area contributed by atoms with Gasteiger partial charge >= 0.3 is 5.97 Å². The summed E-state index contributed by atoms with van der Waals surface area (Å²) in [5.74, 6) is -0.893. The molecule has 0 spiro atoms. The normalized spacial score (nSPS) is 10.2. The average molecular weight is 310 g/mol. The van der Waals surface area contributed by atoms with Crippen molar-refractivity contribution in [3.8, 4) is 0 Å². The fourth-order valence-electron chi connectivity index (χ4n) is 1.23. The van der Waals surface area contributed by atoms with Crippen LogP contribution in [0.5, 0.6) is 0 Å². The Hall–Kier alpha value is -0.610. The minimum absolute atomic E-state index is 0.0953. The molecule has 5 heteroatoms. The van der Waals surface area contributed by atoms with Crippen LogP contribution < -0.4 is 0 Å². The van der Waals surface area contributed by atoms with Gasteiger partial charge in [-0.3, -0.25) is 4.79 Å². The Morgan fingerprint density at radius 1 is 1.50 bits per heavy atom. The molecule has 0 N–H and O–H groups in total. The van der Waals surface area contributed by atoms with E-state index in [0.717, 1.165) is 0 Å². The Morgan fingerprint density at radius 2 is 2.19 bits per heavy atom. The molecule has 0 saturated heterocycles. The summed E-state index contributed by atoms with van der Waals surface area (Å²) < 4.78 is 18.3. The summed E-state index contributed by atoms with van der Waals surface area (Å²) in [6.45, 7) is 1.99. The van der Waals surface area contributed by atoms with E-state index in [4.69, 9.17) is 16.3 Å². The first-order valence-corrected chi connectivity index (χ1v) is 6.26. The van der Waals surface area contributed by atoms with Crippen LogP contribution in [0.4, 0.5) is 4.39 Å². The van der Waals surface area contributed by atoms with Crippen molar-refractivity contribution in [2.24, 2.45) is 0 Å². The van der Waals surface area contributed by atoms with Gasteiger partial charge in [0, 0.05) is 15.9 Å². The molecule has 0 bridgehead atoms. The molecule has 16 heavy (non-hydrogen) atoms.